The van der Waals surface area contributed by atoms with Gasteiger partial charge in [-0.05, 0) is 17.7 Å². The lowest BCUT2D eigenvalue weighted by atomic mass is 9.86. The number of rotatable bonds is 4. The summed E-state index contributed by atoms with van der Waals surface area (Å²) >= 11 is 0. The molecular formula is C19H19FN2O3. The summed E-state index contributed by atoms with van der Waals surface area (Å²) in [6.45, 7) is -0.698. The Balaban J connectivity index is 2.21. The number of fused-ring (bicyclic) bond motifs is 1. The molecule has 2 amide bonds. The van der Waals surface area contributed by atoms with Crippen LogP contribution in [0.2, 0.25) is 0 Å². The molecule has 0 aromatic heterocycles. The Labute approximate surface area is 145 Å². The van der Waals surface area contributed by atoms with Gasteiger partial charge in [-0.2, -0.15) is 0 Å². The van der Waals surface area contributed by atoms with Gasteiger partial charge in [-0.15, -0.1) is 0 Å². The molecule has 0 unspecified atom stereocenters. The summed E-state index contributed by atoms with van der Waals surface area (Å²) in [5.74, 6) is -0.741. The number of hydrogen-bond donors (Lipinski definition) is 2. The van der Waals surface area contributed by atoms with Gasteiger partial charge in [0.2, 0.25) is 0 Å². The fraction of sp³-hybridized carbons (Fsp3) is 0.263. The number of amides is 2. The highest BCUT2D eigenvalue weighted by molar-refractivity contribution is 6.02. The zero-order valence-electron chi connectivity index (χ0n) is 14.0. The van der Waals surface area contributed by atoms with Crippen LogP contribution >= 0.6 is 0 Å². The van der Waals surface area contributed by atoms with Crippen molar-refractivity contribution in [2.45, 2.75) is 12.0 Å². The van der Waals surface area contributed by atoms with Crippen LogP contribution in [0.25, 0.3) is 0 Å². The summed E-state index contributed by atoms with van der Waals surface area (Å²) < 4.78 is 19.4. The maximum Gasteiger partial charge on any atom is 0.254 e. The van der Waals surface area contributed by atoms with Gasteiger partial charge < -0.3 is 15.4 Å². The van der Waals surface area contributed by atoms with Crippen LogP contribution in [0.1, 0.15) is 37.8 Å². The smallest absolute Gasteiger partial charge is 0.254 e. The molecular weight excluding hydrogens is 323 g/mol. The number of carbonyl (C=O) groups excluding carboxylic acids is 2. The van der Waals surface area contributed by atoms with Gasteiger partial charge in [0.1, 0.15) is 18.5 Å². The predicted octanol–water partition coefficient (Wildman–Crippen LogP) is 2.27. The van der Waals surface area contributed by atoms with Crippen molar-refractivity contribution in [3.05, 3.63) is 64.7 Å². The van der Waals surface area contributed by atoms with E-state index >= 15 is 0 Å². The lowest BCUT2D eigenvalue weighted by molar-refractivity contribution is 0.0955. The van der Waals surface area contributed by atoms with E-state index in [-0.39, 0.29) is 23.3 Å². The van der Waals surface area contributed by atoms with E-state index in [1.165, 1.54) is 20.2 Å². The first-order valence-electron chi connectivity index (χ1n) is 8.00. The molecule has 3 rings (SSSR count). The fourth-order valence-electron chi connectivity index (χ4n) is 3.19. The summed E-state index contributed by atoms with van der Waals surface area (Å²) in [6, 6.07) is 12.5. The molecule has 2 atom stereocenters. The van der Waals surface area contributed by atoms with Crippen LogP contribution in [0.15, 0.2) is 42.5 Å². The van der Waals surface area contributed by atoms with Gasteiger partial charge in [-0.25, -0.2) is 4.39 Å². The molecule has 0 spiro atoms. The summed E-state index contributed by atoms with van der Waals surface area (Å²) in [4.78, 5) is 24.4. The number of benzene rings is 2. The summed E-state index contributed by atoms with van der Waals surface area (Å²) in [6.07, 6.45) is -0.735. The molecule has 2 aromatic rings. The standard InChI is InChI=1S/C19H19FN2O3/c1-21-18(23)12-8-13-16(11-6-4-3-5-7-11)15(10-20)25-17(13)14(9-12)19(24)22-2/h3-9,15-16H,10H2,1-2H3,(H,21,23)(H,22,24)/t15-,16+/m1/s1. The monoisotopic (exact) mass is 342 g/mol. The quantitative estimate of drug-likeness (QED) is 0.896. The third kappa shape index (κ3) is 2.95. The Morgan fingerprint density at radius 1 is 1.08 bits per heavy atom. The molecule has 0 aliphatic carbocycles. The average molecular weight is 342 g/mol. The lowest BCUT2D eigenvalue weighted by Crippen LogP contribution is -2.22. The second kappa shape index (κ2) is 6.93. The van der Waals surface area contributed by atoms with E-state index in [2.05, 4.69) is 10.6 Å². The average Bonchev–Trinajstić information content (AvgIpc) is 3.05. The minimum atomic E-state index is -0.735. The molecule has 0 fully saturated rings. The molecule has 2 N–H and O–H groups in total. The Kier molecular flexibility index (Phi) is 4.70. The van der Waals surface area contributed by atoms with Gasteiger partial charge in [-0.3, -0.25) is 9.59 Å². The van der Waals surface area contributed by atoms with Crippen molar-refractivity contribution in [2.75, 3.05) is 20.8 Å². The number of carbonyl (C=O) groups is 2. The predicted molar refractivity (Wildman–Crippen MR) is 91.9 cm³/mol. The Morgan fingerprint density at radius 3 is 2.36 bits per heavy atom. The van der Waals surface area contributed by atoms with Crippen LogP contribution in [0.3, 0.4) is 0 Å². The molecule has 0 bridgehead atoms. The highest BCUT2D eigenvalue weighted by Crippen LogP contribution is 2.45. The molecule has 0 saturated heterocycles. The first-order chi connectivity index (χ1) is 12.1. The molecule has 0 saturated carbocycles. The van der Waals surface area contributed by atoms with Crippen molar-refractivity contribution in [1.82, 2.24) is 10.6 Å². The third-order valence-electron chi connectivity index (χ3n) is 4.37. The van der Waals surface area contributed by atoms with Crippen LogP contribution in [-0.2, 0) is 0 Å². The van der Waals surface area contributed by atoms with E-state index in [4.69, 9.17) is 4.74 Å². The Bertz CT molecular complexity index is 808. The highest BCUT2D eigenvalue weighted by atomic mass is 19.1. The van der Waals surface area contributed by atoms with Gasteiger partial charge >= 0.3 is 0 Å². The highest BCUT2D eigenvalue weighted by Gasteiger charge is 2.38. The Morgan fingerprint density at radius 2 is 1.76 bits per heavy atom. The molecule has 0 radical (unpaired) electrons. The van der Waals surface area contributed by atoms with E-state index in [1.807, 2.05) is 30.3 Å². The maximum atomic E-state index is 13.6. The second-order valence-electron chi connectivity index (χ2n) is 5.80. The first kappa shape index (κ1) is 17.0. The van der Waals surface area contributed by atoms with E-state index in [1.54, 1.807) is 6.07 Å². The Hall–Kier alpha value is -2.89. The van der Waals surface area contributed by atoms with Gasteiger partial charge in [-0.1, -0.05) is 30.3 Å². The van der Waals surface area contributed by atoms with Crippen LogP contribution < -0.4 is 15.4 Å². The largest absolute Gasteiger partial charge is 0.486 e. The van der Waals surface area contributed by atoms with Gasteiger partial charge in [0.25, 0.3) is 11.8 Å². The molecule has 130 valence electrons. The third-order valence-corrected chi connectivity index (χ3v) is 4.37. The molecule has 6 heteroatoms. The normalized spacial score (nSPS) is 18.2. The van der Waals surface area contributed by atoms with Crippen LogP contribution in [0.5, 0.6) is 5.75 Å². The van der Waals surface area contributed by atoms with Crippen molar-refractivity contribution in [3.8, 4) is 5.75 Å². The van der Waals surface area contributed by atoms with E-state index in [0.717, 1.165) is 5.56 Å². The minimum Gasteiger partial charge on any atom is -0.486 e. The number of alkyl halides is 1. The molecule has 1 aliphatic rings. The van der Waals surface area contributed by atoms with Crippen molar-refractivity contribution < 1.29 is 18.7 Å². The zero-order chi connectivity index (χ0) is 18.0. The number of hydrogen-bond acceptors (Lipinski definition) is 3. The van der Waals surface area contributed by atoms with Gasteiger partial charge in [0, 0.05) is 25.2 Å². The first-order valence-corrected chi connectivity index (χ1v) is 8.00. The van der Waals surface area contributed by atoms with Gasteiger partial charge in [0.15, 0.2) is 0 Å². The minimum absolute atomic E-state index is 0.232. The number of ether oxygens (including phenoxy) is 1. The topological polar surface area (TPSA) is 67.4 Å². The van der Waals surface area contributed by atoms with Crippen molar-refractivity contribution in [3.63, 3.8) is 0 Å². The van der Waals surface area contributed by atoms with Crippen molar-refractivity contribution in [2.24, 2.45) is 0 Å². The molecule has 2 aromatic carbocycles. The van der Waals surface area contributed by atoms with Crippen LogP contribution in [-0.4, -0.2) is 38.7 Å². The summed E-state index contributed by atoms with van der Waals surface area (Å²) in [5, 5.41) is 5.09. The summed E-state index contributed by atoms with van der Waals surface area (Å²) in [7, 11) is 3.02. The van der Waals surface area contributed by atoms with Crippen LogP contribution in [0, 0.1) is 0 Å². The molecule has 5 nitrogen and oxygen atoms in total. The number of halogens is 1. The van der Waals surface area contributed by atoms with Crippen molar-refractivity contribution >= 4 is 11.8 Å². The molecule has 1 aliphatic heterocycles. The zero-order valence-corrected chi connectivity index (χ0v) is 14.0. The second-order valence-corrected chi connectivity index (χ2v) is 5.80. The molecule has 25 heavy (non-hydrogen) atoms. The van der Waals surface area contributed by atoms with Gasteiger partial charge in [0.05, 0.1) is 11.5 Å². The van der Waals surface area contributed by atoms with Crippen molar-refractivity contribution in [1.29, 1.82) is 0 Å². The molecule has 1 heterocycles. The van der Waals surface area contributed by atoms with E-state index in [0.29, 0.717) is 16.9 Å². The SMILES string of the molecule is CNC(=O)c1cc(C(=O)NC)c2c(c1)[C@H](c1ccccc1)[C@@H](CF)O2. The lowest BCUT2D eigenvalue weighted by Gasteiger charge is -2.16. The van der Waals surface area contributed by atoms with Crippen LogP contribution in [0.4, 0.5) is 4.39 Å². The number of nitrogens with one attached hydrogen (secondary N) is 2. The van der Waals surface area contributed by atoms with E-state index in [9.17, 15) is 14.0 Å². The fourth-order valence-corrected chi connectivity index (χ4v) is 3.19. The van der Waals surface area contributed by atoms with E-state index < -0.39 is 12.8 Å². The summed E-state index contributed by atoms with van der Waals surface area (Å²) in [5.41, 5.74) is 2.09. The maximum absolute atomic E-state index is 13.6.